The number of nitrogens with two attached hydrogens (primary N) is 1. The van der Waals surface area contributed by atoms with E-state index in [9.17, 15) is 10.1 Å². The van der Waals surface area contributed by atoms with Crippen molar-refractivity contribution in [3.63, 3.8) is 0 Å². The Bertz CT molecular complexity index is 599. The molecule has 2 N–H and O–H groups in total. The zero-order chi connectivity index (χ0) is 14.5. The molecule has 1 aromatic carbocycles. The summed E-state index contributed by atoms with van der Waals surface area (Å²) in [5.74, 6) is 0.496. The van der Waals surface area contributed by atoms with Gasteiger partial charge in [-0.05, 0) is 13.0 Å². The lowest BCUT2D eigenvalue weighted by Crippen LogP contribution is -2.18. The van der Waals surface area contributed by atoms with Gasteiger partial charge in [-0.2, -0.15) is 4.98 Å². The monoisotopic (exact) mass is 278 g/mol. The van der Waals surface area contributed by atoms with Gasteiger partial charge >= 0.3 is 0 Å². The molecule has 1 atom stereocenters. The first-order valence-corrected chi connectivity index (χ1v) is 6.03. The molecule has 0 saturated carbocycles. The molecule has 0 saturated heterocycles. The number of ether oxygens (including phenoxy) is 1. The highest BCUT2D eigenvalue weighted by Gasteiger charge is 2.17. The Kier molecular flexibility index (Phi) is 4.38. The minimum atomic E-state index is -0.494. The van der Waals surface area contributed by atoms with Crippen molar-refractivity contribution in [1.29, 1.82) is 0 Å². The maximum absolute atomic E-state index is 10.7. The van der Waals surface area contributed by atoms with E-state index in [1.807, 2.05) is 6.92 Å². The molecule has 8 nitrogen and oxygen atoms in total. The van der Waals surface area contributed by atoms with E-state index in [4.69, 9.17) is 15.0 Å². The smallest absolute Gasteiger partial charge is 0.270 e. The lowest BCUT2D eigenvalue weighted by atomic mass is 10.2. The summed E-state index contributed by atoms with van der Waals surface area (Å²) in [6.45, 7) is 2.69. The van der Waals surface area contributed by atoms with Crippen LogP contribution in [0, 0.1) is 10.1 Å². The molecule has 0 aliphatic rings. The van der Waals surface area contributed by atoms with E-state index >= 15 is 0 Å². The number of non-ortho nitro benzene ring substituents is 1. The lowest BCUT2D eigenvalue weighted by molar-refractivity contribution is -0.384. The predicted molar refractivity (Wildman–Crippen MR) is 69.8 cm³/mol. The Morgan fingerprint density at radius 3 is 3.05 bits per heavy atom. The van der Waals surface area contributed by atoms with Crippen molar-refractivity contribution in [2.24, 2.45) is 5.73 Å². The zero-order valence-corrected chi connectivity index (χ0v) is 10.9. The molecular weight excluding hydrogens is 264 g/mol. The fourth-order valence-electron chi connectivity index (χ4n) is 1.57. The fraction of sp³-hybridized carbons (Fsp3) is 0.333. The summed E-state index contributed by atoms with van der Waals surface area (Å²) in [5, 5.41) is 14.5. The van der Waals surface area contributed by atoms with Gasteiger partial charge in [0.15, 0.2) is 5.82 Å². The van der Waals surface area contributed by atoms with Crippen LogP contribution in [0.3, 0.4) is 0 Å². The predicted octanol–water partition coefficient (Wildman–Crippen LogP) is 1.68. The molecule has 0 amide bonds. The van der Waals surface area contributed by atoms with Gasteiger partial charge in [0.1, 0.15) is 0 Å². The van der Waals surface area contributed by atoms with Gasteiger partial charge in [0.25, 0.3) is 11.6 Å². The molecule has 0 bridgehead atoms. The summed E-state index contributed by atoms with van der Waals surface area (Å²) in [6.07, 6.45) is 0. The third kappa shape index (κ3) is 3.16. The molecule has 1 heterocycles. The first-order chi connectivity index (χ1) is 9.61. The highest BCUT2D eigenvalue weighted by Crippen LogP contribution is 2.23. The van der Waals surface area contributed by atoms with Crippen LogP contribution in [-0.4, -0.2) is 28.3 Å². The summed E-state index contributed by atoms with van der Waals surface area (Å²) in [6, 6.07) is 5.47. The van der Waals surface area contributed by atoms with Crippen LogP contribution in [0.15, 0.2) is 28.8 Å². The lowest BCUT2D eigenvalue weighted by Gasteiger charge is -2.05. The molecule has 20 heavy (non-hydrogen) atoms. The quantitative estimate of drug-likeness (QED) is 0.630. The number of hydrogen-bond acceptors (Lipinski definition) is 7. The van der Waals surface area contributed by atoms with Crippen LogP contribution in [0.25, 0.3) is 11.5 Å². The Labute approximate surface area is 114 Å². The van der Waals surface area contributed by atoms with Crippen molar-refractivity contribution >= 4 is 5.69 Å². The van der Waals surface area contributed by atoms with E-state index in [1.54, 1.807) is 12.1 Å². The number of rotatable bonds is 6. The third-order valence-electron chi connectivity index (χ3n) is 2.58. The van der Waals surface area contributed by atoms with Gasteiger partial charge in [0.2, 0.25) is 0 Å². The van der Waals surface area contributed by atoms with Crippen LogP contribution in [0.1, 0.15) is 18.8 Å². The van der Waals surface area contributed by atoms with Crippen molar-refractivity contribution in [3.05, 3.63) is 40.2 Å². The molecule has 0 aliphatic heterocycles. The van der Waals surface area contributed by atoms with E-state index < -0.39 is 11.0 Å². The second-order valence-corrected chi connectivity index (χ2v) is 4.03. The Hall–Kier alpha value is -2.32. The molecule has 1 aromatic heterocycles. The fourth-order valence-corrected chi connectivity index (χ4v) is 1.57. The van der Waals surface area contributed by atoms with Crippen molar-refractivity contribution in [3.8, 4) is 11.5 Å². The molecule has 106 valence electrons. The highest BCUT2D eigenvalue weighted by atomic mass is 16.6. The van der Waals surface area contributed by atoms with Gasteiger partial charge in [-0.15, -0.1) is 0 Å². The number of nitro groups is 1. The minimum absolute atomic E-state index is 0.0409. The van der Waals surface area contributed by atoms with E-state index in [2.05, 4.69) is 10.1 Å². The molecule has 1 unspecified atom stereocenters. The van der Waals surface area contributed by atoms with Gasteiger partial charge < -0.3 is 15.0 Å². The van der Waals surface area contributed by atoms with Crippen molar-refractivity contribution in [2.75, 3.05) is 13.2 Å². The molecule has 2 rings (SSSR count). The first-order valence-electron chi connectivity index (χ1n) is 6.03. The third-order valence-corrected chi connectivity index (χ3v) is 2.58. The van der Waals surface area contributed by atoms with Crippen LogP contribution in [0.4, 0.5) is 5.69 Å². The Balaban J connectivity index is 2.20. The second-order valence-electron chi connectivity index (χ2n) is 4.03. The van der Waals surface area contributed by atoms with Crippen LogP contribution in [0.2, 0.25) is 0 Å². The highest BCUT2D eigenvalue weighted by molar-refractivity contribution is 5.57. The normalized spacial score (nSPS) is 12.3. The molecule has 0 aliphatic carbocycles. The van der Waals surface area contributed by atoms with Crippen molar-refractivity contribution in [2.45, 2.75) is 13.0 Å². The van der Waals surface area contributed by atoms with Crippen LogP contribution in [-0.2, 0) is 4.74 Å². The molecule has 0 spiro atoms. The number of benzene rings is 1. The van der Waals surface area contributed by atoms with E-state index in [0.29, 0.717) is 18.0 Å². The summed E-state index contributed by atoms with van der Waals surface area (Å²) in [7, 11) is 0. The Morgan fingerprint density at radius 1 is 1.55 bits per heavy atom. The Morgan fingerprint density at radius 2 is 2.35 bits per heavy atom. The van der Waals surface area contributed by atoms with Crippen LogP contribution < -0.4 is 5.73 Å². The summed E-state index contributed by atoms with van der Waals surface area (Å²) >= 11 is 0. The van der Waals surface area contributed by atoms with Crippen LogP contribution in [0.5, 0.6) is 0 Å². The summed E-state index contributed by atoms with van der Waals surface area (Å²) in [4.78, 5) is 14.4. The average molecular weight is 278 g/mol. The largest absolute Gasteiger partial charge is 0.380 e. The van der Waals surface area contributed by atoms with Gasteiger partial charge in [-0.3, -0.25) is 10.1 Å². The van der Waals surface area contributed by atoms with E-state index in [-0.39, 0.29) is 18.2 Å². The maximum Gasteiger partial charge on any atom is 0.270 e. The van der Waals surface area contributed by atoms with E-state index in [1.165, 1.54) is 12.1 Å². The van der Waals surface area contributed by atoms with Gasteiger partial charge in [-0.1, -0.05) is 11.2 Å². The number of hydrogen-bond donors (Lipinski definition) is 1. The van der Waals surface area contributed by atoms with Crippen molar-refractivity contribution < 1.29 is 14.2 Å². The molecule has 0 fully saturated rings. The topological polar surface area (TPSA) is 117 Å². The zero-order valence-electron chi connectivity index (χ0n) is 10.9. The number of aromatic nitrogens is 2. The molecular formula is C12H14N4O4. The standard InChI is InChI=1S/C12H14N4O4/c1-2-19-7-10(13)11-14-12(20-15-11)8-4-3-5-9(6-8)16(17)18/h3-6,10H,2,7,13H2,1H3. The number of nitro benzene ring substituents is 1. The molecule has 8 heteroatoms. The second kappa shape index (κ2) is 6.22. The average Bonchev–Trinajstić information content (AvgIpc) is 2.94. The minimum Gasteiger partial charge on any atom is -0.380 e. The van der Waals surface area contributed by atoms with Gasteiger partial charge in [0, 0.05) is 24.3 Å². The number of nitrogens with zero attached hydrogens (tertiary/aromatic N) is 3. The molecule has 0 radical (unpaired) electrons. The van der Waals surface area contributed by atoms with E-state index in [0.717, 1.165) is 0 Å². The summed E-state index contributed by atoms with van der Waals surface area (Å²) < 4.78 is 10.2. The van der Waals surface area contributed by atoms with Gasteiger partial charge in [0.05, 0.1) is 17.6 Å². The molecule has 2 aromatic rings. The first kappa shape index (κ1) is 14.1. The van der Waals surface area contributed by atoms with Crippen molar-refractivity contribution in [1.82, 2.24) is 10.1 Å². The van der Waals surface area contributed by atoms with Gasteiger partial charge in [-0.25, -0.2) is 0 Å². The maximum atomic E-state index is 10.7. The summed E-state index contributed by atoms with van der Waals surface area (Å²) in [5.41, 5.74) is 6.27. The SMILES string of the molecule is CCOCC(N)c1noc(-c2cccc([N+](=O)[O-])c2)n1. The van der Waals surface area contributed by atoms with Crippen LogP contribution >= 0.6 is 0 Å².